The molecule has 0 unspecified atom stereocenters. The van der Waals surface area contributed by atoms with Crippen molar-refractivity contribution in [2.75, 3.05) is 0 Å². The second kappa shape index (κ2) is 5.69. The maximum Gasteiger partial charge on any atom is 0.0145 e. The summed E-state index contributed by atoms with van der Waals surface area (Å²) >= 11 is 0. The standard InChI is InChI=1S/C9H14/c1-4-5-6-7-8-9(2)3/h1,4-5,8H2,2-3H3. The number of hydrogen-bond acceptors (Lipinski definition) is 0. The Balaban J connectivity index is 3.16. The molecule has 0 nitrogen and oxygen atoms in total. The molecule has 0 aromatic rings. The summed E-state index contributed by atoms with van der Waals surface area (Å²) in [6.45, 7) is 7.89. The highest BCUT2D eigenvalue weighted by Gasteiger charge is 1.85. The topological polar surface area (TPSA) is 0 Å². The molecule has 9 heavy (non-hydrogen) atoms. The van der Waals surface area contributed by atoms with E-state index in [0.717, 1.165) is 19.3 Å². The van der Waals surface area contributed by atoms with Gasteiger partial charge < -0.3 is 0 Å². The lowest BCUT2D eigenvalue weighted by atomic mass is 10.1. The first-order valence-electron chi connectivity index (χ1n) is 3.31. The smallest absolute Gasteiger partial charge is 0.0145 e. The Bertz CT molecular complexity index is 101. The molecule has 0 heterocycles. The zero-order valence-electron chi connectivity index (χ0n) is 6.33. The van der Waals surface area contributed by atoms with E-state index in [1.807, 2.05) is 0 Å². The van der Waals surface area contributed by atoms with Gasteiger partial charge in [0.25, 0.3) is 0 Å². The molecule has 2 radical (unpaired) electrons. The first kappa shape index (κ1) is 8.56. The molecule has 0 aromatic carbocycles. The van der Waals surface area contributed by atoms with E-state index in [2.05, 4.69) is 32.6 Å². The SMILES string of the molecule is [CH2]CCC#CC[C](C)C. The largest absolute Gasteiger partial charge is 0.103 e. The van der Waals surface area contributed by atoms with Gasteiger partial charge in [-0.25, -0.2) is 0 Å². The van der Waals surface area contributed by atoms with Crippen molar-refractivity contribution in [1.29, 1.82) is 0 Å². The van der Waals surface area contributed by atoms with Crippen LogP contribution in [0.2, 0.25) is 0 Å². The summed E-state index contributed by atoms with van der Waals surface area (Å²) in [5.74, 6) is 7.47. The molecular formula is C9H14. The average Bonchev–Trinajstić information content (AvgIpc) is 1.80. The highest BCUT2D eigenvalue weighted by atomic mass is 13.9. The molecule has 0 saturated heterocycles. The van der Waals surface area contributed by atoms with Gasteiger partial charge in [-0.15, -0.1) is 11.8 Å². The van der Waals surface area contributed by atoms with E-state index in [1.54, 1.807) is 0 Å². The first-order valence-corrected chi connectivity index (χ1v) is 3.31. The van der Waals surface area contributed by atoms with Gasteiger partial charge in [0.05, 0.1) is 0 Å². The van der Waals surface area contributed by atoms with Crippen LogP contribution in [0.3, 0.4) is 0 Å². The van der Waals surface area contributed by atoms with E-state index in [0.29, 0.717) is 0 Å². The maximum absolute atomic E-state index is 3.69. The second-order valence-electron chi connectivity index (χ2n) is 2.34. The van der Waals surface area contributed by atoms with Crippen LogP contribution in [0, 0.1) is 24.7 Å². The van der Waals surface area contributed by atoms with E-state index < -0.39 is 0 Å². The third-order valence-electron chi connectivity index (χ3n) is 0.869. The van der Waals surface area contributed by atoms with Crippen LogP contribution in [0.15, 0.2) is 0 Å². The summed E-state index contributed by atoms with van der Waals surface area (Å²) in [6.07, 6.45) is 2.81. The average molecular weight is 122 g/mol. The molecular weight excluding hydrogens is 108 g/mol. The van der Waals surface area contributed by atoms with Crippen molar-refractivity contribution in [3.05, 3.63) is 12.8 Å². The van der Waals surface area contributed by atoms with Crippen molar-refractivity contribution in [3.63, 3.8) is 0 Å². The van der Waals surface area contributed by atoms with Gasteiger partial charge in [-0.1, -0.05) is 20.8 Å². The lowest BCUT2D eigenvalue weighted by Gasteiger charge is -1.91. The van der Waals surface area contributed by atoms with Crippen LogP contribution in [0.25, 0.3) is 0 Å². The van der Waals surface area contributed by atoms with Crippen LogP contribution in [-0.4, -0.2) is 0 Å². The van der Waals surface area contributed by atoms with Gasteiger partial charge in [0.15, 0.2) is 0 Å². The van der Waals surface area contributed by atoms with Crippen LogP contribution in [0.4, 0.5) is 0 Å². The Morgan fingerprint density at radius 2 is 2.00 bits per heavy atom. The number of rotatable bonds is 2. The molecule has 0 aliphatic heterocycles. The van der Waals surface area contributed by atoms with Crippen molar-refractivity contribution < 1.29 is 0 Å². The molecule has 0 aliphatic carbocycles. The van der Waals surface area contributed by atoms with Gasteiger partial charge in [0.2, 0.25) is 0 Å². The Kier molecular flexibility index (Phi) is 5.41. The van der Waals surface area contributed by atoms with Crippen molar-refractivity contribution in [1.82, 2.24) is 0 Å². The summed E-state index contributed by atoms with van der Waals surface area (Å²) in [6, 6.07) is 0. The Labute approximate surface area is 58.7 Å². The second-order valence-corrected chi connectivity index (χ2v) is 2.34. The van der Waals surface area contributed by atoms with Crippen molar-refractivity contribution in [3.8, 4) is 11.8 Å². The lowest BCUT2D eigenvalue weighted by molar-refractivity contribution is 1.01. The summed E-state index contributed by atoms with van der Waals surface area (Å²) in [5, 5.41) is 0. The van der Waals surface area contributed by atoms with Crippen LogP contribution in [-0.2, 0) is 0 Å². The highest BCUT2D eigenvalue weighted by Crippen LogP contribution is 1.98. The molecule has 0 spiro atoms. The molecule has 0 heteroatoms. The van der Waals surface area contributed by atoms with Crippen molar-refractivity contribution in [2.24, 2.45) is 0 Å². The molecule has 0 fully saturated rings. The van der Waals surface area contributed by atoms with Crippen molar-refractivity contribution >= 4 is 0 Å². The van der Waals surface area contributed by atoms with Gasteiger partial charge in [-0.2, -0.15) is 0 Å². The highest BCUT2D eigenvalue weighted by molar-refractivity contribution is 5.04. The van der Waals surface area contributed by atoms with E-state index in [9.17, 15) is 0 Å². The van der Waals surface area contributed by atoms with Crippen LogP contribution < -0.4 is 0 Å². The Hall–Kier alpha value is -0.440. The van der Waals surface area contributed by atoms with E-state index in [4.69, 9.17) is 0 Å². The molecule has 0 rings (SSSR count). The fourth-order valence-electron chi connectivity index (χ4n) is 0.416. The summed E-state index contributed by atoms with van der Waals surface area (Å²) in [7, 11) is 0. The van der Waals surface area contributed by atoms with E-state index in [1.165, 1.54) is 5.92 Å². The molecule has 0 amide bonds. The van der Waals surface area contributed by atoms with Gasteiger partial charge >= 0.3 is 0 Å². The molecule has 0 aromatic heterocycles. The minimum Gasteiger partial charge on any atom is -0.103 e. The van der Waals surface area contributed by atoms with Gasteiger partial charge in [-0.05, 0) is 12.3 Å². The van der Waals surface area contributed by atoms with Crippen molar-refractivity contribution in [2.45, 2.75) is 33.1 Å². The quantitative estimate of drug-likeness (QED) is 0.494. The van der Waals surface area contributed by atoms with E-state index >= 15 is 0 Å². The fourth-order valence-corrected chi connectivity index (χ4v) is 0.416. The number of unbranched alkanes of at least 4 members (excludes halogenated alkanes) is 1. The van der Waals surface area contributed by atoms with Crippen LogP contribution in [0.5, 0.6) is 0 Å². The zero-order chi connectivity index (χ0) is 7.11. The first-order chi connectivity index (χ1) is 4.27. The van der Waals surface area contributed by atoms with E-state index in [-0.39, 0.29) is 0 Å². The predicted molar refractivity (Wildman–Crippen MR) is 41.6 cm³/mol. The van der Waals surface area contributed by atoms with Gasteiger partial charge in [0.1, 0.15) is 0 Å². The van der Waals surface area contributed by atoms with Gasteiger partial charge in [-0.3, -0.25) is 0 Å². The minimum atomic E-state index is 0.926. The third-order valence-corrected chi connectivity index (χ3v) is 0.869. The lowest BCUT2D eigenvalue weighted by Crippen LogP contribution is -1.78. The summed E-state index contributed by atoms with van der Waals surface area (Å²) in [5.41, 5.74) is 0. The molecule has 0 saturated carbocycles. The van der Waals surface area contributed by atoms with Crippen LogP contribution >= 0.6 is 0 Å². The normalized spacial score (nSPS) is 8.89. The summed E-state index contributed by atoms with van der Waals surface area (Å²) < 4.78 is 0. The molecule has 0 N–H and O–H groups in total. The molecule has 0 atom stereocenters. The third kappa shape index (κ3) is 7.56. The zero-order valence-corrected chi connectivity index (χ0v) is 6.33. The molecule has 0 bridgehead atoms. The minimum absolute atomic E-state index is 0.926. The maximum atomic E-state index is 3.69. The summed E-state index contributed by atoms with van der Waals surface area (Å²) in [4.78, 5) is 0. The van der Waals surface area contributed by atoms with Crippen LogP contribution in [0.1, 0.15) is 33.1 Å². The monoisotopic (exact) mass is 122 g/mol. The Morgan fingerprint density at radius 3 is 2.44 bits per heavy atom. The number of hydrogen-bond donors (Lipinski definition) is 0. The predicted octanol–water partition coefficient (Wildman–Crippen LogP) is 2.61. The Morgan fingerprint density at radius 1 is 1.33 bits per heavy atom. The van der Waals surface area contributed by atoms with Gasteiger partial charge in [0, 0.05) is 12.8 Å². The fraction of sp³-hybridized carbons (Fsp3) is 0.556. The molecule has 0 aliphatic rings. The molecule has 50 valence electrons.